The van der Waals surface area contributed by atoms with Crippen molar-refractivity contribution >= 4 is 16.4 Å². The number of halogens is 1. The molecule has 0 saturated heterocycles. The van der Waals surface area contributed by atoms with Crippen molar-refractivity contribution in [2.75, 3.05) is 5.88 Å². The van der Waals surface area contributed by atoms with E-state index < -0.39 is 22.4 Å². The molecule has 1 rings (SSSR count). The van der Waals surface area contributed by atoms with E-state index in [1.165, 1.54) is 18.2 Å². The molecule has 13 heavy (non-hydrogen) atoms. The third-order valence-electron chi connectivity index (χ3n) is 1.21. The van der Waals surface area contributed by atoms with Crippen molar-refractivity contribution in [3.8, 4) is 0 Å². The van der Waals surface area contributed by atoms with Crippen molar-refractivity contribution in [2.24, 2.45) is 10.2 Å². The van der Waals surface area contributed by atoms with E-state index in [0.29, 0.717) is 0 Å². The molecule has 6 heteroatoms. The second-order valence-corrected chi connectivity index (χ2v) is 3.12. The number of hydrogen-bond acceptors (Lipinski definition) is 4. The summed E-state index contributed by atoms with van der Waals surface area (Å²) in [6.07, 6.45) is 0. The van der Waals surface area contributed by atoms with Gasteiger partial charge >= 0.3 is 0 Å². The van der Waals surface area contributed by atoms with Crippen LogP contribution in [-0.4, -0.2) is 14.3 Å². The molecule has 0 aromatic heterocycles. The maximum Gasteiger partial charge on any atom is 0.162 e. The fourth-order valence-corrected chi connectivity index (χ4v) is 0.859. The summed E-state index contributed by atoms with van der Waals surface area (Å²) in [4.78, 5) is 0. The summed E-state index contributed by atoms with van der Waals surface area (Å²) < 4.78 is 32.9. The monoisotopic (exact) mass is 202 g/mol. The minimum Gasteiger partial charge on any atom is -0.230 e. The molecule has 0 aliphatic carbocycles. The van der Waals surface area contributed by atoms with Gasteiger partial charge in [-0.25, -0.2) is 12.8 Å². The van der Waals surface area contributed by atoms with E-state index in [-0.39, 0.29) is 5.69 Å². The summed E-state index contributed by atoms with van der Waals surface area (Å²) in [7, 11) is -2.59. The van der Waals surface area contributed by atoms with Gasteiger partial charge in [-0.1, -0.05) is 12.1 Å². The van der Waals surface area contributed by atoms with Gasteiger partial charge in [0.05, 0.1) is 0 Å². The van der Waals surface area contributed by atoms with Crippen LogP contribution in [0.15, 0.2) is 34.5 Å². The molecule has 0 atom stereocenters. The first-order chi connectivity index (χ1) is 6.20. The Hall–Kier alpha value is -1.30. The number of rotatable bonds is 3. The van der Waals surface area contributed by atoms with Crippen molar-refractivity contribution in [1.29, 1.82) is 0 Å². The zero-order valence-corrected chi connectivity index (χ0v) is 7.45. The molecule has 1 aromatic rings. The Morgan fingerprint density at radius 1 is 1.31 bits per heavy atom. The van der Waals surface area contributed by atoms with Crippen molar-refractivity contribution < 1.29 is 12.8 Å². The van der Waals surface area contributed by atoms with Gasteiger partial charge in [0.1, 0.15) is 5.69 Å². The highest BCUT2D eigenvalue weighted by atomic mass is 32.2. The highest BCUT2D eigenvalue weighted by molar-refractivity contribution is 7.72. The molecular formula is C7H7FN2O2S. The fraction of sp³-hybridized carbons (Fsp3) is 0.143. The van der Waals surface area contributed by atoms with Gasteiger partial charge < -0.3 is 0 Å². The van der Waals surface area contributed by atoms with Crippen LogP contribution in [0, 0.1) is 5.82 Å². The molecule has 0 amide bonds. The smallest absolute Gasteiger partial charge is 0.162 e. The lowest BCUT2D eigenvalue weighted by atomic mass is 10.3. The van der Waals surface area contributed by atoms with E-state index >= 15 is 0 Å². The van der Waals surface area contributed by atoms with Crippen molar-refractivity contribution in [1.82, 2.24) is 0 Å². The molecule has 0 bridgehead atoms. The molecule has 0 N–H and O–H groups in total. The number of azo groups is 1. The van der Waals surface area contributed by atoms with E-state index in [9.17, 15) is 12.8 Å². The third-order valence-corrected chi connectivity index (χ3v) is 1.57. The molecule has 4 nitrogen and oxygen atoms in total. The first-order valence-electron chi connectivity index (χ1n) is 3.44. The lowest BCUT2D eigenvalue weighted by Crippen LogP contribution is -1.79. The molecule has 0 aliphatic heterocycles. The molecule has 0 spiro atoms. The van der Waals surface area contributed by atoms with Gasteiger partial charge in [0, 0.05) is 0 Å². The van der Waals surface area contributed by atoms with Gasteiger partial charge in [0.25, 0.3) is 0 Å². The van der Waals surface area contributed by atoms with Crippen molar-refractivity contribution in [2.45, 2.75) is 0 Å². The lowest BCUT2D eigenvalue weighted by molar-refractivity contribution is 0.612. The number of benzene rings is 1. The van der Waals surface area contributed by atoms with Gasteiger partial charge in [-0.05, 0) is 12.1 Å². The zero-order valence-electron chi connectivity index (χ0n) is 6.55. The normalized spacial score (nSPS) is 11.2. The largest absolute Gasteiger partial charge is 0.230 e. The average molecular weight is 202 g/mol. The molecular weight excluding hydrogens is 195 g/mol. The van der Waals surface area contributed by atoms with E-state index in [2.05, 4.69) is 10.2 Å². The van der Waals surface area contributed by atoms with Gasteiger partial charge in [0.15, 0.2) is 22.4 Å². The molecule has 0 saturated carbocycles. The molecule has 0 unspecified atom stereocenters. The second kappa shape index (κ2) is 4.66. The highest BCUT2D eigenvalue weighted by Crippen LogP contribution is 2.16. The SMILES string of the molecule is O=[SH](=O)CN=Nc1ccccc1F. The minimum absolute atomic E-state index is 0.0411. The van der Waals surface area contributed by atoms with E-state index in [0.717, 1.165) is 0 Å². The first-order valence-corrected chi connectivity index (χ1v) is 4.80. The topological polar surface area (TPSA) is 58.9 Å². The summed E-state index contributed by atoms with van der Waals surface area (Å²) in [5, 5.41) is 6.70. The summed E-state index contributed by atoms with van der Waals surface area (Å²) in [5.74, 6) is -0.934. The van der Waals surface area contributed by atoms with Crippen molar-refractivity contribution in [3.05, 3.63) is 30.1 Å². The Morgan fingerprint density at radius 3 is 2.62 bits per heavy atom. The van der Waals surface area contributed by atoms with Gasteiger partial charge in [-0.3, -0.25) is 0 Å². The standard InChI is InChI=1S/C7H7FN2O2S/c8-6-3-1-2-4-7(6)10-9-5-13(11)12/h1-4,13H,5H2. The maximum atomic E-state index is 12.8. The summed E-state index contributed by atoms with van der Waals surface area (Å²) in [5.41, 5.74) is 0.0411. The first kappa shape index (κ1) is 9.79. The minimum atomic E-state index is -2.59. The quantitative estimate of drug-likeness (QED) is 0.596. The Morgan fingerprint density at radius 2 is 2.00 bits per heavy atom. The van der Waals surface area contributed by atoms with Crippen LogP contribution in [0.4, 0.5) is 10.1 Å². The fourth-order valence-electron chi connectivity index (χ4n) is 0.692. The predicted octanol–water partition coefficient (Wildman–Crippen LogP) is 1.48. The van der Waals surface area contributed by atoms with E-state index in [1.54, 1.807) is 6.07 Å². The van der Waals surface area contributed by atoms with Crippen LogP contribution in [0.5, 0.6) is 0 Å². The van der Waals surface area contributed by atoms with Crippen LogP contribution in [0.2, 0.25) is 0 Å². The third kappa shape index (κ3) is 3.29. The molecule has 0 fully saturated rings. The van der Waals surface area contributed by atoms with Gasteiger partial charge in [0.2, 0.25) is 0 Å². The maximum absolute atomic E-state index is 12.8. The number of hydrogen-bond donors (Lipinski definition) is 1. The van der Waals surface area contributed by atoms with Crippen LogP contribution in [0.3, 0.4) is 0 Å². The Kier molecular flexibility index (Phi) is 3.51. The molecule has 0 heterocycles. The molecule has 1 aromatic carbocycles. The summed E-state index contributed by atoms with van der Waals surface area (Å²) in [6.45, 7) is 0. The predicted molar refractivity (Wildman–Crippen MR) is 46.1 cm³/mol. The van der Waals surface area contributed by atoms with Crippen LogP contribution in [0.25, 0.3) is 0 Å². The van der Waals surface area contributed by atoms with Crippen LogP contribution in [-0.2, 0) is 10.7 Å². The Balaban J connectivity index is 2.74. The van der Waals surface area contributed by atoms with Crippen LogP contribution >= 0.6 is 0 Å². The highest BCUT2D eigenvalue weighted by Gasteiger charge is 1.96. The number of nitrogens with zero attached hydrogens (tertiary/aromatic N) is 2. The Bertz CT molecular complexity index is 382. The number of thiol groups is 1. The lowest BCUT2D eigenvalue weighted by Gasteiger charge is -1.91. The summed E-state index contributed by atoms with van der Waals surface area (Å²) >= 11 is 0. The van der Waals surface area contributed by atoms with Gasteiger partial charge in [-0.15, -0.1) is 0 Å². The van der Waals surface area contributed by atoms with Crippen LogP contribution in [0.1, 0.15) is 0 Å². The second-order valence-electron chi connectivity index (χ2n) is 2.17. The molecule has 0 aliphatic rings. The summed E-state index contributed by atoms with van der Waals surface area (Å²) in [6, 6.07) is 5.75. The molecule has 0 radical (unpaired) electrons. The van der Waals surface area contributed by atoms with Crippen molar-refractivity contribution in [3.63, 3.8) is 0 Å². The van der Waals surface area contributed by atoms with E-state index in [4.69, 9.17) is 0 Å². The molecule has 70 valence electrons. The van der Waals surface area contributed by atoms with E-state index in [1.807, 2.05) is 0 Å². The Labute approximate surface area is 76.1 Å². The zero-order chi connectivity index (χ0) is 9.68. The van der Waals surface area contributed by atoms with Crippen LogP contribution < -0.4 is 0 Å². The average Bonchev–Trinajstić information content (AvgIpc) is 2.08. The van der Waals surface area contributed by atoms with Gasteiger partial charge in [-0.2, -0.15) is 10.2 Å².